The van der Waals surface area contributed by atoms with E-state index in [0.29, 0.717) is 0 Å². The minimum absolute atomic E-state index is 0.912. The Hall–Kier alpha value is 0.896. The van der Waals surface area contributed by atoms with Crippen molar-refractivity contribution in [2.45, 2.75) is 147 Å². The Morgan fingerprint density at radius 3 is 1.28 bits per heavy atom. The molecule has 0 heterocycles. The van der Waals surface area contributed by atoms with Crippen molar-refractivity contribution in [3.63, 3.8) is 0 Å². The Labute approximate surface area is 218 Å². The van der Waals surface area contributed by atoms with Crippen molar-refractivity contribution < 1.29 is 13.3 Å². The average Bonchev–Trinajstić information content (AvgIpc) is 2.80. The second kappa shape index (κ2) is 28.1. The molecule has 0 spiro atoms. The first kappa shape index (κ1) is 35.1. The summed E-state index contributed by atoms with van der Waals surface area (Å²) in [4.78, 5) is 0. The molecule has 0 fully saturated rings. The molecule has 0 unspecified atom stereocenters. The van der Waals surface area contributed by atoms with Gasteiger partial charge in [0.2, 0.25) is 0 Å². The molecule has 0 aromatic heterocycles. The van der Waals surface area contributed by atoms with Crippen LogP contribution in [0.1, 0.15) is 136 Å². The van der Waals surface area contributed by atoms with Crippen LogP contribution < -0.4 is 0 Å². The van der Waals surface area contributed by atoms with Crippen LogP contribution in [0.3, 0.4) is 0 Å². The smallest absolute Gasteiger partial charge is 0.377 e. The van der Waals surface area contributed by atoms with E-state index in [1.807, 2.05) is 0 Å². The third kappa shape index (κ3) is 25.5. The summed E-state index contributed by atoms with van der Waals surface area (Å²) in [5.74, 6) is 0.912. The fourth-order valence-corrected chi connectivity index (χ4v) is 6.46. The van der Waals surface area contributed by atoms with Crippen molar-refractivity contribution in [1.29, 1.82) is 0 Å². The van der Waals surface area contributed by atoms with Gasteiger partial charge in [-0.15, -0.1) is 0 Å². The largest absolute Gasteiger partial charge is 0.500 e. The average molecular weight is 579 g/mol. The van der Waals surface area contributed by atoms with Crippen LogP contribution in [0.5, 0.6) is 0 Å². The summed E-state index contributed by atoms with van der Waals surface area (Å²) in [6.45, 7) is 6.89. The van der Waals surface area contributed by atoms with Gasteiger partial charge >= 0.3 is 81.2 Å². The summed E-state index contributed by atoms with van der Waals surface area (Å²) in [6, 6.07) is 0.939. The van der Waals surface area contributed by atoms with Gasteiger partial charge in [-0.3, -0.25) is 0 Å². The summed E-state index contributed by atoms with van der Waals surface area (Å²) in [5.41, 5.74) is 0. The van der Waals surface area contributed by atoms with Crippen molar-refractivity contribution in [3.05, 3.63) is 0 Å². The monoisotopic (exact) mass is 579 g/mol. The molecule has 0 rings (SSSR count). The van der Waals surface area contributed by atoms with Gasteiger partial charge in [-0.1, -0.05) is 90.4 Å². The standard InChI is InChI=1S/C19H42O3Si.C8H17.Sn/c1-5-6-7-8-9-10-11-12-13-14-15-16-17-18-19-23(20-2,21-3)22-4;1-4-5-6-7-8(2)3;/h5-19H2,1-4H3;8H,1,4-7H2,2-3H3;. The molecule has 193 valence electrons. The first-order chi connectivity index (χ1) is 15.5. The Bertz CT molecular complexity index is 331. The molecule has 0 amide bonds. The van der Waals surface area contributed by atoms with Crippen LogP contribution in [-0.4, -0.2) is 52.7 Å². The molecule has 0 aliphatic heterocycles. The van der Waals surface area contributed by atoms with Gasteiger partial charge in [0.25, 0.3) is 0 Å². The van der Waals surface area contributed by atoms with Crippen molar-refractivity contribution in [1.82, 2.24) is 0 Å². The maximum absolute atomic E-state index is 5.44. The van der Waals surface area contributed by atoms with Gasteiger partial charge in [0.05, 0.1) is 0 Å². The van der Waals surface area contributed by atoms with Crippen LogP contribution in [-0.2, 0) is 13.3 Å². The van der Waals surface area contributed by atoms with Gasteiger partial charge in [0.1, 0.15) is 0 Å². The minimum Gasteiger partial charge on any atom is -0.377 e. The van der Waals surface area contributed by atoms with E-state index in [1.54, 1.807) is 43.9 Å². The van der Waals surface area contributed by atoms with Crippen LogP contribution in [0.4, 0.5) is 0 Å². The van der Waals surface area contributed by atoms with Crippen LogP contribution in [0, 0.1) is 5.92 Å². The van der Waals surface area contributed by atoms with Crippen molar-refractivity contribution in [2.24, 2.45) is 5.92 Å². The Morgan fingerprint density at radius 1 is 0.562 bits per heavy atom. The predicted molar refractivity (Wildman–Crippen MR) is 146 cm³/mol. The molecule has 0 aliphatic rings. The SMILES string of the molecule is CC(C)CCCC[CH2][Sn].CCCCCCCCCCCCCCCC[Si](OC)(OC)OC. The van der Waals surface area contributed by atoms with Crippen LogP contribution in [0.15, 0.2) is 0 Å². The van der Waals surface area contributed by atoms with E-state index in [4.69, 9.17) is 13.3 Å². The quantitative estimate of drug-likeness (QED) is 0.0894. The van der Waals surface area contributed by atoms with Gasteiger partial charge in [-0.25, -0.2) is 0 Å². The summed E-state index contributed by atoms with van der Waals surface area (Å²) >= 11 is 1.70. The molecule has 0 atom stereocenters. The molecular weight excluding hydrogens is 519 g/mol. The normalized spacial score (nSPS) is 11.6. The fourth-order valence-electron chi connectivity index (χ4n) is 3.95. The predicted octanol–water partition coefficient (Wildman–Crippen LogP) is 9.14. The molecule has 32 heavy (non-hydrogen) atoms. The topological polar surface area (TPSA) is 27.7 Å². The van der Waals surface area contributed by atoms with E-state index in [0.717, 1.165) is 18.4 Å². The van der Waals surface area contributed by atoms with Crippen LogP contribution in [0.2, 0.25) is 10.5 Å². The fraction of sp³-hybridized carbons (Fsp3) is 1.00. The Balaban J connectivity index is 0. The van der Waals surface area contributed by atoms with E-state index in [2.05, 4.69) is 20.8 Å². The minimum atomic E-state index is -2.32. The molecule has 0 aliphatic carbocycles. The number of rotatable bonds is 23. The number of unbranched alkanes of at least 4 members (excludes halogenated alkanes) is 15. The Kier molecular flexibility index (Phi) is 30.8. The van der Waals surface area contributed by atoms with Gasteiger partial charge in [-0.05, 0) is 6.42 Å². The van der Waals surface area contributed by atoms with Crippen molar-refractivity contribution in [2.75, 3.05) is 21.3 Å². The van der Waals surface area contributed by atoms with Crippen LogP contribution >= 0.6 is 0 Å². The van der Waals surface area contributed by atoms with Crippen LogP contribution in [0.25, 0.3) is 0 Å². The maximum Gasteiger partial charge on any atom is 0.500 e. The first-order valence-corrected chi connectivity index (χ1v) is 17.8. The van der Waals surface area contributed by atoms with E-state index < -0.39 is 8.80 Å². The molecular formula is C27H59O3SiSn. The summed E-state index contributed by atoms with van der Waals surface area (Å²) in [7, 11) is 2.77. The second-order valence-corrected chi connectivity index (χ2v) is 14.2. The molecule has 0 saturated carbocycles. The Morgan fingerprint density at radius 2 is 0.938 bits per heavy atom. The zero-order valence-corrected chi connectivity index (χ0v) is 26.8. The maximum atomic E-state index is 5.44. The molecule has 0 saturated heterocycles. The number of hydrogen-bond donors (Lipinski definition) is 0. The third-order valence-electron chi connectivity index (χ3n) is 6.23. The van der Waals surface area contributed by atoms with E-state index >= 15 is 0 Å². The zero-order chi connectivity index (χ0) is 24.3. The molecule has 5 heteroatoms. The van der Waals surface area contributed by atoms with Gasteiger partial charge < -0.3 is 13.3 Å². The first-order valence-electron chi connectivity index (χ1n) is 13.8. The van der Waals surface area contributed by atoms with E-state index in [1.165, 1.54) is 114 Å². The van der Waals surface area contributed by atoms with Gasteiger partial charge in [0.15, 0.2) is 0 Å². The van der Waals surface area contributed by atoms with Crippen molar-refractivity contribution >= 4 is 31.3 Å². The summed E-state index contributed by atoms with van der Waals surface area (Å²) in [5, 5.41) is 0. The zero-order valence-electron chi connectivity index (χ0n) is 22.9. The molecule has 0 aromatic carbocycles. The number of hydrogen-bond acceptors (Lipinski definition) is 3. The van der Waals surface area contributed by atoms with E-state index in [9.17, 15) is 0 Å². The molecule has 0 aromatic rings. The third-order valence-corrected chi connectivity index (χ3v) is 10.1. The molecule has 0 bridgehead atoms. The molecule has 3 radical (unpaired) electrons. The summed E-state index contributed by atoms with van der Waals surface area (Å²) in [6.07, 6.45) is 25.2. The second-order valence-electron chi connectivity index (χ2n) is 9.63. The molecule has 3 nitrogen and oxygen atoms in total. The van der Waals surface area contributed by atoms with E-state index in [-0.39, 0.29) is 0 Å². The summed E-state index contributed by atoms with van der Waals surface area (Å²) < 4.78 is 17.8. The van der Waals surface area contributed by atoms with Crippen molar-refractivity contribution in [3.8, 4) is 0 Å². The molecule has 0 N–H and O–H groups in total. The van der Waals surface area contributed by atoms with Gasteiger partial charge in [-0.2, -0.15) is 0 Å². The van der Waals surface area contributed by atoms with Gasteiger partial charge in [0, 0.05) is 27.4 Å².